The third kappa shape index (κ3) is 6.59. The maximum atomic E-state index is 14.5. The number of amides is 1. The number of hydrogen-bond acceptors (Lipinski definition) is 4. The van der Waals surface area contributed by atoms with Gasteiger partial charge in [-0.2, -0.15) is 0 Å². The Labute approximate surface area is 273 Å². The highest BCUT2D eigenvalue weighted by Gasteiger charge is 2.37. The van der Waals surface area contributed by atoms with Crippen LogP contribution in [0.15, 0.2) is 138 Å². The first-order chi connectivity index (χ1) is 21.5. The van der Waals surface area contributed by atoms with Crippen LogP contribution >= 0.6 is 34.2 Å². The molecule has 2 unspecified atom stereocenters. The minimum atomic E-state index is -0.587. The van der Waals surface area contributed by atoms with E-state index in [9.17, 15) is 9.18 Å². The minimum absolute atomic E-state index is 0.116. The van der Waals surface area contributed by atoms with E-state index in [2.05, 4.69) is 10.6 Å². The number of carbonyl (C=O) groups is 1. The molecule has 5 aromatic carbocycles. The minimum Gasteiger partial charge on any atom is -0.480 e. The lowest BCUT2D eigenvalue weighted by Crippen LogP contribution is -2.31. The summed E-state index contributed by atoms with van der Waals surface area (Å²) in [6.07, 6.45) is -1.16. The summed E-state index contributed by atoms with van der Waals surface area (Å²) >= 11 is 9.21. The zero-order valence-electron chi connectivity index (χ0n) is 23.3. The number of para-hydroxylation sites is 2. The number of hydrogen-bond donors (Lipinski definition) is 2. The molecule has 2 atom stereocenters. The van der Waals surface area contributed by atoms with Gasteiger partial charge >= 0.3 is 0 Å². The third-order valence-corrected chi connectivity index (χ3v) is 8.29. The Bertz CT molecular complexity index is 1820. The zero-order valence-corrected chi connectivity index (χ0v) is 26.3. The Morgan fingerprint density at radius 1 is 0.750 bits per heavy atom. The molecule has 0 heterocycles. The fourth-order valence-electron chi connectivity index (χ4n) is 5.10. The van der Waals surface area contributed by atoms with Gasteiger partial charge in [-0.1, -0.05) is 90.5 Å². The highest BCUT2D eigenvalue weighted by molar-refractivity contribution is 14.1. The van der Waals surface area contributed by atoms with Gasteiger partial charge in [-0.25, -0.2) is 4.39 Å². The first-order valence-electron chi connectivity index (χ1n) is 14.0. The lowest BCUT2D eigenvalue weighted by atomic mass is 9.89. The fourth-order valence-corrected chi connectivity index (χ4v) is 5.88. The van der Waals surface area contributed by atoms with Crippen LogP contribution in [0.3, 0.4) is 0 Å². The lowest BCUT2D eigenvalue weighted by molar-refractivity contribution is 0.102. The van der Waals surface area contributed by atoms with E-state index in [0.717, 1.165) is 14.7 Å². The van der Waals surface area contributed by atoms with E-state index in [1.54, 1.807) is 24.3 Å². The number of rotatable bonds is 9. The van der Waals surface area contributed by atoms with Crippen LogP contribution in [0, 0.1) is 9.39 Å². The lowest BCUT2D eigenvalue weighted by Gasteiger charge is -2.34. The molecule has 0 radical (unpaired) electrons. The molecule has 8 heteroatoms. The molecule has 0 spiro atoms. The molecule has 220 valence electrons. The molecule has 0 saturated heterocycles. The Morgan fingerprint density at radius 3 is 1.98 bits per heavy atom. The van der Waals surface area contributed by atoms with E-state index in [1.165, 1.54) is 6.07 Å². The van der Waals surface area contributed by atoms with E-state index in [1.807, 2.05) is 120 Å². The largest absolute Gasteiger partial charge is 0.480 e. The SMILES string of the molecule is O=C(Nc1ccc(I)cc1F)c1ccccc1CNC1=C(Cl)C(Oc2ccccc2)c2ccccc2C1Oc1ccccc1. The van der Waals surface area contributed by atoms with Gasteiger partial charge in [0.25, 0.3) is 5.91 Å². The van der Waals surface area contributed by atoms with Crippen molar-refractivity contribution in [1.82, 2.24) is 5.32 Å². The fraction of sp³-hybridized carbons (Fsp3) is 0.0833. The monoisotopic (exact) mass is 716 g/mol. The van der Waals surface area contributed by atoms with Crippen LogP contribution in [0.5, 0.6) is 11.5 Å². The van der Waals surface area contributed by atoms with E-state index in [0.29, 0.717) is 33.4 Å². The summed E-state index contributed by atoms with van der Waals surface area (Å²) in [6.45, 7) is 0.249. The normalized spacial score (nSPS) is 15.7. The van der Waals surface area contributed by atoms with E-state index in [4.69, 9.17) is 21.1 Å². The van der Waals surface area contributed by atoms with Crippen molar-refractivity contribution in [3.8, 4) is 11.5 Å². The van der Waals surface area contributed by atoms with Crippen LogP contribution in [0.25, 0.3) is 0 Å². The maximum Gasteiger partial charge on any atom is 0.256 e. The molecule has 5 aromatic rings. The second-order valence-electron chi connectivity index (χ2n) is 10.1. The molecule has 1 aliphatic rings. The average molecular weight is 717 g/mol. The Kier molecular flexibility index (Phi) is 9.14. The summed E-state index contributed by atoms with van der Waals surface area (Å²) in [4.78, 5) is 13.3. The highest BCUT2D eigenvalue weighted by atomic mass is 127. The van der Waals surface area contributed by atoms with Gasteiger partial charge in [-0.3, -0.25) is 4.79 Å². The summed E-state index contributed by atoms with van der Waals surface area (Å²) in [5.74, 6) is 0.442. The van der Waals surface area contributed by atoms with E-state index >= 15 is 0 Å². The molecule has 0 saturated carbocycles. The van der Waals surface area contributed by atoms with Gasteiger partial charge in [-0.15, -0.1) is 0 Å². The number of fused-ring (bicyclic) bond motifs is 1. The summed E-state index contributed by atoms with van der Waals surface area (Å²) in [5.41, 5.74) is 3.64. The van der Waals surface area contributed by atoms with Crippen molar-refractivity contribution in [2.75, 3.05) is 5.32 Å². The maximum absolute atomic E-state index is 14.5. The molecule has 2 N–H and O–H groups in total. The molecule has 1 amide bonds. The van der Waals surface area contributed by atoms with Crippen molar-refractivity contribution in [2.45, 2.75) is 18.8 Å². The van der Waals surface area contributed by atoms with Crippen molar-refractivity contribution in [3.63, 3.8) is 0 Å². The van der Waals surface area contributed by atoms with Gasteiger partial charge in [0.2, 0.25) is 0 Å². The molecular weight excluding hydrogens is 690 g/mol. The number of nitrogens with one attached hydrogen (secondary N) is 2. The molecule has 5 nitrogen and oxygen atoms in total. The van der Waals surface area contributed by atoms with Crippen molar-refractivity contribution >= 4 is 45.8 Å². The summed E-state index contributed by atoms with van der Waals surface area (Å²) in [6, 6.07) is 38.8. The van der Waals surface area contributed by atoms with Crippen molar-refractivity contribution in [2.24, 2.45) is 0 Å². The topological polar surface area (TPSA) is 59.6 Å². The van der Waals surface area contributed by atoms with Crippen molar-refractivity contribution in [3.05, 3.63) is 170 Å². The molecular formula is C36H27ClFIN2O3. The third-order valence-electron chi connectivity index (χ3n) is 7.22. The van der Waals surface area contributed by atoms with Crippen LogP contribution < -0.4 is 20.1 Å². The summed E-state index contributed by atoms with van der Waals surface area (Å²) in [7, 11) is 0. The van der Waals surface area contributed by atoms with Gasteiger partial charge in [0.1, 0.15) is 17.3 Å². The second kappa shape index (κ2) is 13.5. The number of carbonyl (C=O) groups excluding carboxylic acids is 1. The molecule has 1 aliphatic carbocycles. The number of ether oxygens (including phenoxy) is 2. The number of halogens is 3. The van der Waals surface area contributed by atoms with Crippen molar-refractivity contribution < 1.29 is 18.7 Å². The van der Waals surface area contributed by atoms with Crippen LogP contribution in [-0.2, 0) is 6.54 Å². The molecule has 6 rings (SSSR count). The molecule has 0 aromatic heterocycles. The quantitative estimate of drug-likeness (QED) is 0.150. The van der Waals surface area contributed by atoms with Crippen molar-refractivity contribution in [1.29, 1.82) is 0 Å². The average Bonchev–Trinajstić information content (AvgIpc) is 3.05. The first-order valence-corrected chi connectivity index (χ1v) is 15.4. The predicted octanol–water partition coefficient (Wildman–Crippen LogP) is 9.18. The first kappa shape index (κ1) is 29.7. The van der Waals surface area contributed by atoms with E-state index in [-0.39, 0.29) is 12.2 Å². The molecule has 44 heavy (non-hydrogen) atoms. The van der Waals surface area contributed by atoms with Crippen LogP contribution in [0.4, 0.5) is 10.1 Å². The van der Waals surface area contributed by atoms with Gasteiger partial charge in [-0.05, 0) is 76.7 Å². The van der Waals surface area contributed by atoms with Crippen LogP contribution in [0.1, 0.15) is 39.3 Å². The Balaban J connectivity index is 1.34. The molecule has 0 aliphatic heterocycles. The van der Waals surface area contributed by atoms with Gasteiger partial charge in [0.15, 0.2) is 12.2 Å². The van der Waals surface area contributed by atoms with E-state index < -0.39 is 23.9 Å². The summed E-state index contributed by atoms with van der Waals surface area (Å²) in [5, 5.41) is 6.62. The Morgan fingerprint density at radius 2 is 1.32 bits per heavy atom. The highest BCUT2D eigenvalue weighted by Crippen LogP contribution is 2.45. The standard InChI is InChI=1S/C36H27ClFIN2O3/c37-32-33(40-22-23-11-7-8-16-27(23)36(42)41-31-20-19-24(39)21-30(31)38)35(44-26-14-5-2-6-15-26)29-18-10-9-17-28(29)34(32)43-25-12-3-1-4-13-25/h1-21,34-35,40H,22H2,(H,41,42). The van der Waals surface area contributed by atoms with Gasteiger partial charge in [0.05, 0.1) is 16.4 Å². The zero-order chi connectivity index (χ0) is 30.5. The number of anilines is 1. The molecule has 0 bridgehead atoms. The van der Waals surface area contributed by atoms with Gasteiger partial charge < -0.3 is 20.1 Å². The predicted molar refractivity (Wildman–Crippen MR) is 179 cm³/mol. The Hall–Kier alpha value is -4.34. The van der Waals surface area contributed by atoms with Crippen LogP contribution in [0.2, 0.25) is 0 Å². The summed E-state index contributed by atoms with van der Waals surface area (Å²) < 4.78 is 28.2. The molecule has 0 fully saturated rings. The van der Waals surface area contributed by atoms with Crippen LogP contribution in [-0.4, -0.2) is 5.91 Å². The second-order valence-corrected chi connectivity index (χ2v) is 11.8. The smallest absolute Gasteiger partial charge is 0.256 e. The number of benzene rings is 5. The van der Waals surface area contributed by atoms with Gasteiger partial charge in [0, 0.05) is 26.8 Å².